The number of pyridine rings is 1. The van der Waals surface area contributed by atoms with Gasteiger partial charge in [-0.15, -0.1) is 5.10 Å². The Hall–Kier alpha value is -3.68. The molecule has 3 heterocycles. The summed E-state index contributed by atoms with van der Waals surface area (Å²) in [5.41, 5.74) is 8.42. The van der Waals surface area contributed by atoms with Crippen molar-refractivity contribution >= 4 is 11.9 Å². The molecule has 0 saturated heterocycles. The van der Waals surface area contributed by atoms with Crippen molar-refractivity contribution < 1.29 is 9.53 Å². The number of benzene rings is 1. The molecule has 1 aliphatic rings. The summed E-state index contributed by atoms with van der Waals surface area (Å²) in [6.45, 7) is 1.80. The number of nitrogens with two attached hydrogens (primary N) is 1. The molecule has 1 atom stereocenters. The van der Waals surface area contributed by atoms with Gasteiger partial charge < -0.3 is 15.8 Å². The minimum atomic E-state index is -0.508. The topological polar surface area (TPSA) is 108 Å². The second-order valence-electron chi connectivity index (χ2n) is 6.15. The number of nitrogens with zero attached hydrogens (tertiary/aromatic N) is 4. The number of amides is 1. The second kappa shape index (κ2) is 6.56. The van der Waals surface area contributed by atoms with Crippen molar-refractivity contribution in [2.75, 3.05) is 12.4 Å². The standard InChI is InChI=1S/C19H18N6O2/c1-11-15(17(20)26)16(12-6-8-21-9-7-12)25-19(22-11)23-18(24-25)13-4-3-5-14(10-13)27-2/h3-10,16H,1-2H3,(H2,20,26)(H,22,23,24). The Morgan fingerprint density at radius 3 is 2.74 bits per heavy atom. The molecular formula is C19H18N6O2. The maximum atomic E-state index is 12.1. The first-order chi connectivity index (χ1) is 13.1. The fourth-order valence-electron chi connectivity index (χ4n) is 3.21. The molecule has 136 valence electrons. The predicted octanol–water partition coefficient (Wildman–Crippen LogP) is 2.12. The minimum Gasteiger partial charge on any atom is -0.497 e. The molecule has 1 aromatic carbocycles. The average Bonchev–Trinajstić information content (AvgIpc) is 3.11. The van der Waals surface area contributed by atoms with Crippen molar-refractivity contribution in [2.24, 2.45) is 5.73 Å². The van der Waals surface area contributed by atoms with Gasteiger partial charge in [0.15, 0.2) is 5.82 Å². The summed E-state index contributed by atoms with van der Waals surface area (Å²) in [6.07, 6.45) is 3.34. The van der Waals surface area contributed by atoms with E-state index in [0.29, 0.717) is 28.8 Å². The van der Waals surface area contributed by atoms with Crippen LogP contribution in [-0.2, 0) is 4.79 Å². The lowest BCUT2D eigenvalue weighted by Gasteiger charge is -2.27. The molecular weight excluding hydrogens is 344 g/mol. The van der Waals surface area contributed by atoms with Crippen LogP contribution in [0.3, 0.4) is 0 Å². The number of fused-ring (bicyclic) bond motifs is 1. The molecule has 8 nitrogen and oxygen atoms in total. The van der Waals surface area contributed by atoms with Crippen molar-refractivity contribution in [3.05, 3.63) is 65.6 Å². The third-order valence-electron chi connectivity index (χ3n) is 4.47. The van der Waals surface area contributed by atoms with E-state index < -0.39 is 11.9 Å². The molecule has 2 aromatic heterocycles. The van der Waals surface area contributed by atoms with Crippen molar-refractivity contribution in [1.29, 1.82) is 0 Å². The number of hydrogen-bond acceptors (Lipinski definition) is 6. The van der Waals surface area contributed by atoms with E-state index in [-0.39, 0.29) is 0 Å². The van der Waals surface area contributed by atoms with Gasteiger partial charge in [0.2, 0.25) is 11.9 Å². The van der Waals surface area contributed by atoms with Crippen molar-refractivity contribution in [3.8, 4) is 17.1 Å². The molecule has 4 rings (SSSR count). The first kappa shape index (κ1) is 16.8. The monoisotopic (exact) mass is 362 g/mol. The normalized spacial score (nSPS) is 15.9. The number of aromatic nitrogens is 4. The Labute approximate surface area is 155 Å². The van der Waals surface area contributed by atoms with Gasteiger partial charge in [-0.25, -0.2) is 4.68 Å². The SMILES string of the molecule is COc1cccc(-c2nc3n(n2)C(c2ccncc2)C(C(N)=O)=C(C)N3)c1. The lowest BCUT2D eigenvalue weighted by Crippen LogP contribution is -2.31. The maximum absolute atomic E-state index is 12.1. The third kappa shape index (κ3) is 2.91. The van der Waals surface area contributed by atoms with Crippen LogP contribution in [0.2, 0.25) is 0 Å². The van der Waals surface area contributed by atoms with E-state index in [1.165, 1.54) is 0 Å². The second-order valence-corrected chi connectivity index (χ2v) is 6.15. The highest BCUT2D eigenvalue weighted by atomic mass is 16.5. The molecule has 0 bridgehead atoms. The molecule has 1 unspecified atom stereocenters. The lowest BCUT2D eigenvalue weighted by atomic mass is 9.96. The summed E-state index contributed by atoms with van der Waals surface area (Å²) in [4.78, 5) is 20.8. The fourth-order valence-corrected chi connectivity index (χ4v) is 3.21. The largest absolute Gasteiger partial charge is 0.497 e. The van der Waals surface area contributed by atoms with Gasteiger partial charge in [0.05, 0.1) is 12.7 Å². The highest BCUT2D eigenvalue weighted by molar-refractivity contribution is 5.95. The Balaban J connectivity index is 1.86. The molecule has 0 saturated carbocycles. The van der Waals surface area contributed by atoms with Crippen LogP contribution in [0.25, 0.3) is 11.4 Å². The summed E-state index contributed by atoms with van der Waals surface area (Å²) in [5, 5.41) is 7.78. The highest BCUT2D eigenvalue weighted by Gasteiger charge is 2.33. The molecule has 0 radical (unpaired) electrons. The highest BCUT2D eigenvalue weighted by Crippen LogP contribution is 2.36. The molecule has 3 aromatic rings. The average molecular weight is 362 g/mol. The van der Waals surface area contributed by atoms with Gasteiger partial charge in [0.25, 0.3) is 0 Å². The Bertz CT molecular complexity index is 1040. The van der Waals surface area contributed by atoms with Crippen LogP contribution in [0.5, 0.6) is 5.75 Å². The number of ether oxygens (including phenoxy) is 1. The van der Waals surface area contributed by atoms with E-state index in [1.807, 2.05) is 36.4 Å². The summed E-state index contributed by atoms with van der Waals surface area (Å²) in [5.74, 6) is 1.27. The maximum Gasteiger partial charge on any atom is 0.248 e. The number of primary amides is 1. The van der Waals surface area contributed by atoms with Crippen molar-refractivity contribution in [3.63, 3.8) is 0 Å². The third-order valence-corrected chi connectivity index (χ3v) is 4.47. The number of nitrogens with one attached hydrogen (secondary N) is 1. The number of carbonyl (C=O) groups excluding carboxylic acids is 1. The fraction of sp³-hybridized carbons (Fsp3) is 0.158. The molecule has 0 aliphatic carbocycles. The molecule has 27 heavy (non-hydrogen) atoms. The van der Waals surface area contributed by atoms with Crippen LogP contribution in [0.4, 0.5) is 5.95 Å². The van der Waals surface area contributed by atoms with E-state index in [4.69, 9.17) is 10.5 Å². The minimum absolute atomic E-state index is 0.441. The Morgan fingerprint density at radius 1 is 1.26 bits per heavy atom. The molecule has 8 heteroatoms. The van der Waals surface area contributed by atoms with Gasteiger partial charge in [0, 0.05) is 23.7 Å². The van der Waals surface area contributed by atoms with Gasteiger partial charge in [0.1, 0.15) is 11.8 Å². The number of hydrogen-bond donors (Lipinski definition) is 2. The van der Waals surface area contributed by atoms with Gasteiger partial charge in [-0.1, -0.05) is 12.1 Å². The molecule has 1 amide bonds. The van der Waals surface area contributed by atoms with E-state index >= 15 is 0 Å². The van der Waals surface area contributed by atoms with E-state index in [2.05, 4.69) is 20.4 Å². The van der Waals surface area contributed by atoms with Crippen LogP contribution >= 0.6 is 0 Å². The number of anilines is 1. The zero-order valence-electron chi connectivity index (χ0n) is 14.9. The molecule has 3 N–H and O–H groups in total. The summed E-state index contributed by atoms with van der Waals surface area (Å²) < 4.78 is 6.96. The van der Waals surface area contributed by atoms with Crippen LogP contribution in [0.1, 0.15) is 18.5 Å². The van der Waals surface area contributed by atoms with E-state index in [1.54, 1.807) is 31.1 Å². The summed E-state index contributed by atoms with van der Waals surface area (Å²) >= 11 is 0. The van der Waals surface area contributed by atoms with Gasteiger partial charge in [-0.05, 0) is 36.8 Å². The lowest BCUT2D eigenvalue weighted by molar-refractivity contribution is -0.115. The Morgan fingerprint density at radius 2 is 2.04 bits per heavy atom. The van der Waals surface area contributed by atoms with E-state index in [0.717, 1.165) is 11.1 Å². The van der Waals surface area contributed by atoms with Crippen molar-refractivity contribution in [1.82, 2.24) is 19.7 Å². The van der Waals surface area contributed by atoms with Gasteiger partial charge in [-0.3, -0.25) is 9.78 Å². The molecule has 1 aliphatic heterocycles. The van der Waals surface area contributed by atoms with Crippen molar-refractivity contribution in [2.45, 2.75) is 13.0 Å². The number of rotatable bonds is 4. The number of allylic oxidation sites excluding steroid dienone is 1. The van der Waals surface area contributed by atoms with Gasteiger partial charge >= 0.3 is 0 Å². The van der Waals surface area contributed by atoms with Gasteiger partial charge in [-0.2, -0.15) is 4.98 Å². The molecule has 0 fully saturated rings. The smallest absolute Gasteiger partial charge is 0.248 e. The zero-order valence-corrected chi connectivity index (χ0v) is 14.9. The summed E-state index contributed by atoms with van der Waals surface area (Å²) in [7, 11) is 1.61. The van der Waals surface area contributed by atoms with Crippen LogP contribution in [0, 0.1) is 0 Å². The zero-order chi connectivity index (χ0) is 19.0. The Kier molecular flexibility index (Phi) is 4.08. The quantitative estimate of drug-likeness (QED) is 0.736. The van der Waals surface area contributed by atoms with Crippen LogP contribution in [0.15, 0.2) is 60.1 Å². The van der Waals surface area contributed by atoms with E-state index in [9.17, 15) is 4.79 Å². The molecule has 0 spiro atoms. The summed E-state index contributed by atoms with van der Waals surface area (Å²) in [6, 6.07) is 10.7. The number of carbonyl (C=O) groups is 1. The first-order valence-corrected chi connectivity index (χ1v) is 8.37. The first-order valence-electron chi connectivity index (χ1n) is 8.37. The van der Waals surface area contributed by atoms with Crippen LogP contribution in [-0.4, -0.2) is 32.8 Å². The number of methoxy groups -OCH3 is 1. The predicted molar refractivity (Wildman–Crippen MR) is 99.9 cm³/mol. The van der Waals surface area contributed by atoms with Crippen LogP contribution < -0.4 is 15.8 Å².